The first-order chi connectivity index (χ1) is 27.8. The van der Waals surface area contributed by atoms with Crippen molar-refractivity contribution in [3.8, 4) is 39.1 Å². The zero-order valence-electron chi connectivity index (χ0n) is 31.0. The second-order valence-corrected chi connectivity index (χ2v) is 14.6. The smallest absolute Gasteiger partial charge is 0.0537 e. The Labute approximate surface area is 328 Å². The predicted molar refractivity (Wildman–Crippen MR) is 236 cm³/mol. The number of aromatic nitrogens is 1. The molecule has 56 heavy (non-hydrogen) atoms. The molecule has 1 heterocycles. The molecule has 8 aromatic carbocycles. The van der Waals surface area contributed by atoms with Gasteiger partial charge in [-0.05, 0) is 112 Å². The molecule has 9 aromatic rings. The highest BCUT2D eigenvalue weighted by Gasteiger charge is 2.24. The molecule has 266 valence electrons. The first-order valence-corrected chi connectivity index (χ1v) is 19.4. The zero-order chi connectivity index (χ0) is 37.3. The molecule has 0 fully saturated rings. The maximum Gasteiger partial charge on any atom is 0.0537 e. The molecule has 2 heteroatoms. The minimum absolute atomic E-state index is 0.272. The van der Waals surface area contributed by atoms with Gasteiger partial charge in [0, 0.05) is 39.7 Å². The summed E-state index contributed by atoms with van der Waals surface area (Å²) in [5.41, 5.74) is 17.1. The van der Waals surface area contributed by atoms with Crippen molar-refractivity contribution in [1.82, 2.24) is 4.57 Å². The number of hydrogen-bond acceptors (Lipinski definition) is 1. The van der Waals surface area contributed by atoms with E-state index in [2.05, 4.69) is 234 Å². The van der Waals surface area contributed by atoms with Crippen LogP contribution in [0.3, 0.4) is 0 Å². The summed E-state index contributed by atoms with van der Waals surface area (Å²) < 4.78 is 2.43. The van der Waals surface area contributed by atoms with Gasteiger partial charge in [0.25, 0.3) is 0 Å². The summed E-state index contributed by atoms with van der Waals surface area (Å²) in [7, 11) is 0. The highest BCUT2D eigenvalue weighted by Crippen LogP contribution is 2.41. The van der Waals surface area contributed by atoms with E-state index in [0.717, 1.165) is 23.5 Å². The zero-order valence-corrected chi connectivity index (χ0v) is 31.0. The summed E-state index contributed by atoms with van der Waals surface area (Å²) in [6.45, 7) is 0. The van der Waals surface area contributed by atoms with E-state index in [-0.39, 0.29) is 5.92 Å². The minimum Gasteiger partial charge on any atom is -0.310 e. The molecule has 1 unspecified atom stereocenters. The lowest BCUT2D eigenvalue weighted by Crippen LogP contribution is -2.10. The van der Waals surface area contributed by atoms with Crippen molar-refractivity contribution < 1.29 is 0 Å². The molecule has 2 nitrogen and oxygen atoms in total. The van der Waals surface area contributed by atoms with Crippen molar-refractivity contribution in [3.05, 3.63) is 235 Å². The number of nitrogens with zero attached hydrogens (tertiary/aromatic N) is 2. The molecule has 0 N–H and O–H groups in total. The Balaban J connectivity index is 0.966. The number of rotatable bonds is 8. The predicted octanol–water partition coefficient (Wildman–Crippen LogP) is 14.5. The summed E-state index contributed by atoms with van der Waals surface area (Å²) in [4.78, 5) is 2.35. The van der Waals surface area contributed by atoms with Gasteiger partial charge >= 0.3 is 0 Å². The average molecular weight is 717 g/mol. The molecule has 0 saturated carbocycles. The average Bonchev–Trinajstić information content (AvgIpc) is 3.62. The van der Waals surface area contributed by atoms with Crippen LogP contribution in [0.15, 0.2) is 218 Å². The lowest BCUT2D eigenvalue weighted by molar-refractivity contribution is 0.825. The molecule has 0 bridgehead atoms. The lowest BCUT2D eigenvalue weighted by atomic mass is 9.85. The monoisotopic (exact) mass is 716 g/mol. The van der Waals surface area contributed by atoms with Gasteiger partial charge in [0.1, 0.15) is 0 Å². The van der Waals surface area contributed by atoms with E-state index < -0.39 is 0 Å². The molecule has 0 spiro atoms. The second kappa shape index (κ2) is 14.6. The van der Waals surface area contributed by atoms with Crippen molar-refractivity contribution >= 4 is 34.0 Å². The first-order valence-electron chi connectivity index (χ1n) is 19.4. The topological polar surface area (TPSA) is 8.17 Å². The van der Waals surface area contributed by atoms with Gasteiger partial charge in [-0.25, -0.2) is 0 Å². The summed E-state index contributed by atoms with van der Waals surface area (Å²) in [5.74, 6) is 0.272. The Morgan fingerprint density at radius 1 is 0.411 bits per heavy atom. The molecule has 0 saturated heterocycles. The number of benzene rings is 8. The molecule has 10 rings (SSSR count). The minimum atomic E-state index is 0.272. The Kier molecular flexibility index (Phi) is 8.70. The Bertz CT molecular complexity index is 2800. The summed E-state index contributed by atoms with van der Waals surface area (Å²) in [5, 5.41) is 1.32. The molecule has 0 aliphatic heterocycles. The van der Waals surface area contributed by atoms with Gasteiger partial charge in [0.05, 0.1) is 5.52 Å². The van der Waals surface area contributed by atoms with E-state index >= 15 is 0 Å². The third-order valence-corrected chi connectivity index (χ3v) is 11.2. The Hall–Kier alpha value is -7.16. The Morgan fingerprint density at radius 3 is 1.62 bits per heavy atom. The molecule has 0 amide bonds. The quantitative estimate of drug-likeness (QED) is 0.152. The van der Waals surface area contributed by atoms with E-state index in [9.17, 15) is 0 Å². The maximum absolute atomic E-state index is 2.43. The first kappa shape index (κ1) is 33.4. The van der Waals surface area contributed by atoms with E-state index in [0.29, 0.717) is 0 Å². The van der Waals surface area contributed by atoms with Crippen molar-refractivity contribution in [2.24, 2.45) is 0 Å². The SMILES string of the molecule is C1=CC(c2cccc(-c3cccc(N(c4ccccc4)c4ccc(-c5ccccc5)cc4)c3)c2)Cc2c1n(-c1ccc(-c3ccccc3)cc1)c1ccccc21. The highest BCUT2D eigenvalue weighted by atomic mass is 15.1. The van der Waals surface area contributed by atoms with Crippen LogP contribution in [0.4, 0.5) is 17.1 Å². The fourth-order valence-corrected chi connectivity index (χ4v) is 8.38. The van der Waals surface area contributed by atoms with Gasteiger partial charge < -0.3 is 9.47 Å². The van der Waals surface area contributed by atoms with Crippen molar-refractivity contribution in [3.63, 3.8) is 0 Å². The number of fused-ring (bicyclic) bond motifs is 3. The maximum atomic E-state index is 2.43. The summed E-state index contributed by atoms with van der Waals surface area (Å²) in [6, 6.07) is 76.6. The van der Waals surface area contributed by atoms with Crippen LogP contribution in [-0.4, -0.2) is 4.57 Å². The largest absolute Gasteiger partial charge is 0.310 e. The fraction of sp³-hybridized carbons (Fsp3) is 0.0370. The van der Waals surface area contributed by atoms with Crippen LogP contribution in [0.2, 0.25) is 0 Å². The fourth-order valence-electron chi connectivity index (χ4n) is 8.38. The van der Waals surface area contributed by atoms with Crippen LogP contribution in [-0.2, 0) is 6.42 Å². The van der Waals surface area contributed by atoms with Crippen LogP contribution in [0.25, 0.3) is 56.0 Å². The van der Waals surface area contributed by atoms with Crippen molar-refractivity contribution in [2.45, 2.75) is 12.3 Å². The van der Waals surface area contributed by atoms with E-state index in [1.54, 1.807) is 0 Å². The number of hydrogen-bond donors (Lipinski definition) is 0. The van der Waals surface area contributed by atoms with Gasteiger partial charge in [-0.3, -0.25) is 0 Å². The molecule has 0 radical (unpaired) electrons. The summed E-state index contributed by atoms with van der Waals surface area (Å²) in [6.07, 6.45) is 5.70. The number of para-hydroxylation sites is 2. The lowest BCUT2D eigenvalue weighted by Gasteiger charge is -2.26. The highest BCUT2D eigenvalue weighted by molar-refractivity contribution is 5.91. The van der Waals surface area contributed by atoms with Gasteiger partial charge in [-0.1, -0.05) is 164 Å². The van der Waals surface area contributed by atoms with Crippen LogP contribution >= 0.6 is 0 Å². The number of allylic oxidation sites excluding steroid dienone is 1. The molecule has 1 aromatic heterocycles. The molecular formula is C54H40N2. The normalized spacial score (nSPS) is 13.4. The van der Waals surface area contributed by atoms with Gasteiger partial charge in [-0.2, -0.15) is 0 Å². The molecular weight excluding hydrogens is 677 g/mol. The standard InChI is InChI=1S/C54H40N2/c1-4-14-39(15-5-1)41-26-31-48(32-27-41)55(47-21-8-3-9-22-47)50-23-13-20-45(37-50)43-18-12-19-44(36-43)46-30-35-54-52(38-46)51-24-10-11-25-53(51)56(54)49-33-28-42(29-34-49)40-16-6-2-7-17-40/h1-37,46H,38H2. The number of anilines is 3. The van der Waals surface area contributed by atoms with E-state index in [1.165, 1.54) is 66.8 Å². The van der Waals surface area contributed by atoms with Crippen LogP contribution in [0, 0.1) is 0 Å². The molecule has 1 atom stereocenters. The summed E-state index contributed by atoms with van der Waals surface area (Å²) >= 11 is 0. The molecule has 1 aliphatic carbocycles. The van der Waals surface area contributed by atoms with Crippen LogP contribution < -0.4 is 4.90 Å². The third-order valence-electron chi connectivity index (χ3n) is 11.2. The van der Waals surface area contributed by atoms with Crippen LogP contribution in [0.1, 0.15) is 22.7 Å². The van der Waals surface area contributed by atoms with Gasteiger partial charge in [0.15, 0.2) is 0 Å². The van der Waals surface area contributed by atoms with E-state index in [1.807, 2.05) is 0 Å². The van der Waals surface area contributed by atoms with Crippen LogP contribution in [0.5, 0.6) is 0 Å². The van der Waals surface area contributed by atoms with E-state index in [4.69, 9.17) is 0 Å². The van der Waals surface area contributed by atoms with Gasteiger partial charge in [0.2, 0.25) is 0 Å². The van der Waals surface area contributed by atoms with Crippen molar-refractivity contribution in [1.29, 1.82) is 0 Å². The van der Waals surface area contributed by atoms with Crippen molar-refractivity contribution in [2.75, 3.05) is 4.90 Å². The second-order valence-electron chi connectivity index (χ2n) is 14.6. The van der Waals surface area contributed by atoms with Gasteiger partial charge in [-0.15, -0.1) is 0 Å². The Morgan fingerprint density at radius 2 is 0.929 bits per heavy atom. The molecule has 1 aliphatic rings. The third kappa shape index (κ3) is 6.32.